The highest BCUT2D eigenvalue weighted by atomic mass is 19.4. The Kier molecular flexibility index (Phi) is 6.35. The van der Waals surface area contributed by atoms with Gasteiger partial charge in [0.1, 0.15) is 11.3 Å². The molecular weight excluding hydrogens is 473 g/mol. The van der Waals surface area contributed by atoms with Crippen LogP contribution in [-0.2, 0) is 30.3 Å². The van der Waals surface area contributed by atoms with Gasteiger partial charge in [-0.05, 0) is 75.4 Å². The Morgan fingerprint density at radius 1 is 1.08 bits per heavy atom. The van der Waals surface area contributed by atoms with Crippen molar-refractivity contribution >= 4 is 5.91 Å². The van der Waals surface area contributed by atoms with Crippen LogP contribution in [0.4, 0.5) is 13.2 Å². The summed E-state index contributed by atoms with van der Waals surface area (Å²) in [7, 11) is 0. The first-order valence-electron chi connectivity index (χ1n) is 13.3. The number of hydrogen-bond donors (Lipinski definition) is 1. The molecule has 0 bridgehead atoms. The molecule has 1 N–H and O–H groups in total. The van der Waals surface area contributed by atoms with Crippen molar-refractivity contribution in [1.29, 1.82) is 0 Å². The Morgan fingerprint density at radius 2 is 1.86 bits per heavy atom. The highest BCUT2D eigenvalue weighted by molar-refractivity contribution is 5.96. The maximum Gasteiger partial charge on any atom is 0.420 e. The van der Waals surface area contributed by atoms with E-state index in [-0.39, 0.29) is 24.0 Å². The molecule has 4 heterocycles. The van der Waals surface area contributed by atoms with E-state index in [0.717, 1.165) is 50.3 Å². The van der Waals surface area contributed by atoms with Gasteiger partial charge < -0.3 is 19.4 Å². The molecule has 6 rings (SSSR count). The Bertz CT molecular complexity index is 1110. The maximum absolute atomic E-state index is 14.3. The summed E-state index contributed by atoms with van der Waals surface area (Å²) >= 11 is 0. The molecule has 2 aliphatic carbocycles. The van der Waals surface area contributed by atoms with Crippen molar-refractivity contribution in [1.82, 2.24) is 20.0 Å². The first kappa shape index (κ1) is 24.0. The number of aromatic nitrogens is 2. The van der Waals surface area contributed by atoms with Crippen LogP contribution in [0.5, 0.6) is 0 Å². The van der Waals surface area contributed by atoms with E-state index in [2.05, 4.69) is 15.3 Å². The highest BCUT2D eigenvalue weighted by Gasteiger charge is 2.45. The number of ether oxygens (including phenoxy) is 1. The zero-order chi connectivity index (χ0) is 24.9. The van der Waals surface area contributed by atoms with E-state index in [9.17, 15) is 18.0 Å². The third-order valence-corrected chi connectivity index (χ3v) is 8.05. The van der Waals surface area contributed by atoms with Crippen molar-refractivity contribution < 1.29 is 27.1 Å². The number of hydrogen-bond acceptors (Lipinski definition) is 5. The van der Waals surface area contributed by atoms with Crippen molar-refractivity contribution in [2.45, 2.75) is 70.2 Å². The molecule has 0 radical (unpaired) electrons. The van der Waals surface area contributed by atoms with Gasteiger partial charge in [-0.3, -0.25) is 9.48 Å². The van der Waals surface area contributed by atoms with Crippen molar-refractivity contribution in [3.05, 3.63) is 28.8 Å². The SMILES string of the molecule is O=C(NC[C@@H]1CCCO1)c1oc2c(c1C(F)(F)F)-c1nn(CC3CCN(CC4CC4)CC3)cc1CC2. The standard InChI is InChI=1S/C26H33F3N4O3/c27-26(28,29)22-21-20(36-24(22)25(34)30-12-19-2-1-11-35-19)6-5-18-15-33(31-23(18)21)14-17-7-9-32(10-8-17)13-16-3-4-16/h15-17,19H,1-14H2,(H,30,34)/t19-/m0/s1. The van der Waals surface area contributed by atoms with Crippen molar-refractivity contribution in [2.75, 3.05) is 32.8 Å². The molecule has 1 saturated carbocycles. The molecule has 0 aromatic carbocycles. The van der Waals surface area contributed by atoms with Crippen LogP contribution < -0.4 is 5.32 Å². The second-order valence-electron chi connectivity index (χ2n) is 10.9. The van der Waals surface area contributed by atoms with E-state index in [4.69, 9.17) is 9.15 Å². The fourth-order valence-corrected chi connectivity index (χ4v) is 5.91. The van der Waals surface area contributed by atoms with Crippen molar-refractivity contribution in [2.24, 2.45) is 11.8 Å². The lowest BCUT2D eigenvalue weighted by Crippen LogP contribution is -2.36. The average molecular weight is 507 g/mol. The fraction of sp³-hybridized carbons (Fsp3) is 0.692. The summed E-state index contributed by atoms with van der Waals surface area (Å²) < 4.78 is 55.7. The lowest BCUT2D eigenvalue weighted by molar-refractivity contribution is -0.137. The van der Waals surface area contributed by atoms with Crippen LogP contribution in [0.15, 0.2) is 10.6 Å². The molecule has 0 spiro atoms. The van der Waals surface area contributed by atoms with Gasteiger partial charge in [-0.1, -0.05) is 0 Å². The summed E-state index contributed by atoms with van der Waals surface area (Å²) in [4.78, 5) is 15.3. The number of fused-ring (bicyclic) bond motifs is 3. The molecule has 1 amide bonds. The molecule has 2 aliphatic heterocycles. The summed E-state index contributed by atoms with van der Waals surface area (Å²) in [6.45, 7) is 4.84. The summed E-state index contributed by atoms with van der Waals surface area (Å²) in [6, 6.07) is 0. The molecule has 2 saturated heterocycles. The predicted molar refractivity (Wildman–Crippen MR) is 126 cm³/mol. The molecular formula is C26H33F3N4O3. The number of likely N-dealkylation sites (tertiary alicyclic amines) is 1. The van der Waals surface area contributed by atoms with Crippen molar-refractivity contribution in [3.63, 3.8) is 0 Å². The Morgan fingerprint density at radius 3 is 2.56 bits per heavy atom. The van der Waals surface area contributed by atoms with Crippen LogP contribution in [0, 0.1) is 11.8 Å². The summed E-state index contributed by atoms with van der Waals surface area (Å²) in [5, 5.41) is 7.19. The highest BCUT2D eigenvalue weighted by Crippen LogP contribution is 2.46. The molecule has 1 atom stereocenters. The third-order valence-electron chi connectivity index (χ3n) is 8.05. The predicted octanol–water partition coefficient (Wildman–Crippen LogP) is 4.29. The number of nitrogens with one attached hydrogen (secondary N) is 1. The largest absolute Gasteiger partial charge is 0.455 e. The van der Waals surface area contributed by atoms with Gasteiger partial charge in [0.2, 0.25) is 5.76 Å². The van der Waals surface area contributed by atoms with Gasteiger partial charge in [-0.25, -0.2) is 0 Å². The summed E-state index contributed by atoms with van der Waals surface area (Å²) in [5.41, 5.74) is 0.00824. The number of furan rings is 1. The summed E-state index contributed by atoms with van der Waals surface area (Å²) in [5.74, 6) is 0.0130. The van der Waals surface area contributed by atoms with Gasteiger partial charge in [0, 0.05) is 38.9 Å². The zero-order valence-corrected chi connectivity index (χ0v) is 20.4. The average Bonchev–Trinajstić information content (AvgIpc) is 3.24. The lowest BCUT2D eigenvalue weighted by atomic mass is 9.93. The van der Waals surface area contributed by atoms with E-state index < -0.39 is 23.4 Å². The van der Waals surface area contributed by atoms with Gasteiger partial charge in [-0.2, -0.15) is 18.3 Å². The number of amides is 1. The molecule has 10 heteroatoms. The topological polar surface area (TPSA) is 72.5 Å². The monoisotopic (exact) mass is 506 g/mol. The van der Waals surface area contributed by atoms with E-state index in [0.29, 0.717) is 37.6 Å². The number of carbonyl (C=O) groups is 1. The fourth-order valence-electron chi connectivity index (χ4n) is 5.91. The number of rotatable bonds is 7. The van der Waals surface area contributed by atoms with Crippen LogP contribution in [0.3, 0.4) is 0 Å². The Balaban J connectivity index is 1.20. The minimum absolute atomic E-state index is 0.0657. The lowest BCUT2D eigenvalue weighted by Gasteiger charge is -2.31. The second kappa shape index (κ2) is 9.52. The van der Waals surface area contributed by atoms with Gasteiger partial charge >= 0.3 is 6.18 Å². The van der Waals surface area contributed by atoms with Crippen LogP contribution in [0.2, 0.25) is 0 Å². The van der Waals surface area contributed by atoms with Crippen molar-refractivity contribution in [3.8, 4) is 11.3 Å². The minimum atomic E-state index is -4.74. The van der Waals surface area contributed by atoms with E-state index in [1.165, 1.54) is 19.4 Å². The first-order chi connectivity index (χ1) is 17.3. The normalized spacial score (nSPS) is 23.0. The molecule has 2 aromatic heterocycles. The Labute approximate surface area is 208 Å². The Hall–Kier alpha value is -2.33. The second-order valence-corrected chi connectivity index (χ2v) is 10.9. The smallest absolute Gasteiger partial charge is 0.420 e. The molecule has 2 aromatic rings. The van der Waals surface area contributed by atoms with Gasteiger partial charge in [0.05, 0.1) is 17.4 Å². The third kappa shape index (κ3) is 4.94. The number of aryl methyl sites for hydroxylation is 2. The van der Waals surface area contributed by atoms with E-state index in [1.807, 2.05) is 10.9 Å². The van der Waals surface area contributed by atoms with Gasteiger partial charge in [0.25, 0.3) is 5.91 Å². The quantitative estimate of drug-likeness (QED) is 0.607. The summed E-state index contributed by atoms with van der Waals surface area (Å²) in [6.07, 6.45) is 4.37. The number of piperidine rings is 1. The molecule has 196 valence electrons. The number of halogens is 3. The molecule has 36 heavy (non-hydrogen) atoms. The van der Waals surface area contributed by atoms with Crippen LogP contribution in [0.25, 0.3) is 11.3 Å². The molecule has 0 unspecified atom stereocenters. The van der Waals surface area contributed by atoms with Gasteiger partial charge in [0.15, 0.2) is 0 Å². The first-order valence-corrected chi connectivity index (χ1v) is 13.3. The number of alkyl halides is 3. The molecule has 3 fully saturated rings. The molecule has 4 aliphatic rings. The van der Waals surface area contributed by atoms with Crippen LogP contribution >= 0.6 is 0 Å². The maximum atomic E-state index is 14.3. The van der Waals surface area contributed by atoms with Crippen LogP contribution in [-0.4, -0.2) is 59.5 Å². The van der Waals surface area contributed by atoms with E-state index in [1.54, 1.807) is 0 Å². The van der Waals surface area contributed by atoms with Crippen LogP contribution in [0.1, 0.15) is 66.0 Å². The molecule has 7 nitrogen and oxygen atoms in total. The number of carbonyl (C=O) groups excluding carboxylic acids is 1. The zero-order valence-electron chi connectivity index (χ0n) is 20.4. The minimum Gasteiger partial charge on any atom is -0.455 e. The van der Waals surface area contributed by atoms with E-state index >= 15 is 0 Å². The number of nitrogens with zero attached hydrogens (tertiary/aromatic N) is 3. The van der Waals surface area contributed by atoms with Gasteiger partial charge in [-0.15, -0.1) is 0 Å².